The molecular formula is C12H18N2O. The molecule has 0 aliphatic carbocycles. The van der Waals surface area contributed by atoms with Crippen LogP contribution < -0.4 is 10.6 Å². The molecular weight excluding hydrogens is 188 g/mol. The van der Waals surface area contributed by atoms with Crippen molar-refractivity contribution in [3.63, 3.8) is 0 Å². The fourth-order valence-corrected chi connectivity index (χ4v) is 2.20. The van der Waals surface area contributed by atoms with Gasteiger partial charge in [-0.2, -0.15) is 0 Å². The molecule has 82 valence electrons. The van der Waals surface area contributed by atoms with E-state index in [2.05, 4.69) is 11.0 Å². The Morgan fingerprint density at radius 1 is 1.47 bits per heavy atom. The van der Waals surface area contributed by atoms with Crippen LogP contribution in [0.3, 0.4) is 0 Å². The maximum Gasteiger partial charge on any atom is 0.0637 e. The van der Waals surface area contributed by atoms with Gasteiger partial charge in [-0.25, -0.2) is 0 Å². The second-order valence-corrected chi connectivity index (χ2v) is 3.94. The van der Waals surface area contributed by atoms with Crippen molar-refractivity contribution >= 4 is 11.4 Å². The van der Waals surface area contributed by atoms with Crippen molar-refractivity contribution in [3.8, 4) is 0 Å². The van der Waals surface area contributed by atoms with E-state index >= 15 is 0 Å². The van der Waals surface area contributed by atoms with E-state index in [4.69, 9.17) is 10.5 Å². The van der Waals surface area contributed by atoms with Gasteiger partial charge >= 0.3 is 0 Å². The zero-order valence-corrected chi connectivity index (χ0v) is 9.20. The summed E-state index contributed by atoms with van der Waals surface area (Å²) < 4.78 is 5.12. The maximum absolute atomic E-state index is 6.02. The largest absolute Gasteiger partial charge is 0.397 e. The van der Waals surface area contributed by atoms with E-state index < -0.39 is 0 Å². The zero-order valence-electron chi connectivity index (χ0n) is 9.20. The Kier molecular flexibility index (Phi) is 3.11. The molecule has 0 amide bonds. The Morgan fingerprint density at radius 3 is 3.13 bits per heavy atom. The summed E-state index contributed by atoms with van der Waals surface area (Å²) in [6.45, 7) is 2.77. The summed E-state index contributed by atoms with van der Waals surface area (Å²) in [6.07, 6.45) is 2.35. The fourth-order valence-electron chi connectivity index (χ4n) is 2.20. The van der Waals surface area contributed by atoms with Crippen molar-refractivity contribution in [2.24, 2.45) is 0 Å². The lowest BCUT2D eigenvalue weighted by Crippen LogP contribution is -2.33. The number of nitrogen functional groups attached to an aromatic ring is 1. The molecule has 15 heavy (non-hydrogen) atoms. The highest BCUT2D eigenvalue weighted by molar-refractivity contribution is 5.72. The van der Waals surface area contributed by atoms with Crippen LogP contribution in [0.1, 0.15) is 12.0 Å². The SMILES string of the molecule is COCCN1CCCc2cccc(N)c21. The first kappa shape index (κ1) is 10.3. The minimum atomic E-state index is 0.758. The normalized spacial score (nSPS) is 15.1. The summed E-state index contributed by atoms with van der Waals surface area (Å²) in [5, 5.41) is 0. The molecule has 0 fully saturated rings. The van der Waals surface area contributed by atoms with Crippen molar-refractivity contribution in [1.29, 1.82) is 0 Å². The summed E-state index contributed by atoms with van der Waals surface area (Å²) in [7, 11) is 1.74. The summed E-state index contributed by atoms with van der Waals surface area (Å²) >= 11 is 0. The highest BCUT2D eigenvalue weighted by atomic mass is 16.5. The maximum atomic E-state index is 6.02. The molecule has 1 aliphatic heterocycles. The molecule has 0 unspecified atom stereocenters. The van der Waals surface area contributed by atoms with E-state index in [9.17, 15) is 0 Å². The number of hydrogen-bond donors (Lipinski definition) is 1. The predicted molar refractivity (Wildman–Crippen MR) is 63.3 cm³/mol. The van der Waals surface area contributed by atoms with Crippen LogP contribution >= 0.6 is 0 Å². The Morgan fingerprint density at radius 2 is 2.33 bits per heavy atom. The average Bonchev–Trinajstić information content (AvgIpc) is 2.26. The Balaban J connectivity index is 2.24. The van der Waals surface area contributed by atoms with Crippen LogP contribution in [-0.4, -0.2) is 26.8 Å². The van der Waals surface area contributed by atoms with Crippen molar-refractivity contribution in [2.45, 2.75) is 12.8 Å². The first-order chi connectivity index (χ1) is 7.33. The molecule has 1 aromatic rings. The van der Waals surface area contributed by atoms with Gasteiger partial charge in [0.05, 0.1) is 18.0 Å². The third kappa shape index (κ3) is 2.07. The van der Waals surface area contributed by atoms with Crippen LogP contribution in [0.2, 0.25) is 0 Å². The summed E-state index contributed by atoms with van der Waals surface area (Å²) in [5.74, 6) is 0. The summed E-state index contributed by atoms with van der Waals surface area (Å²) in [5.41, 5.74) is 9.51. The molecule has 0 atom stereocenters. The van der Waals surface area contributed by atoms with Gasteiger partial charge in [-0.1, -0.05) is 12.1 Å². The van der Waals surface area contributed by atoms with Crippen LogP contribution in [0, 0.1) is 0 Å². The molecule has 0 radical (unpaired) electrons. The van der Waals surface area contributed by atoms with E-state index in [1.165, 1.54) is 17.7 Å². The summed E-state index contributed by atoms with van der Waals surface area (Å²) in [6, 6.07) is 6.18. The van der Waals surface area contributed by atoms with Gasteiger partial charge in [0.1, 0.15) is 0 Å². The minimum absolute atomic E-state index is 0.758. The third-order valence-corrected chi connectivity index (χ3v) is 2.91. The lowest BCUT2D eigenvalue weighted by Gasteiger charge is -2.32. The van der Waals surface area contributed by atoms with Crippen LogP contribution in [-0.2, 0) is 11.2 Å². The molecule has 3 heteroatoms. The van der Waals surface area contributed by atoms with E-state index in [-0.39, 0.29) is 0 Å². The molecule has 0 saturated heterocycles. The van der Waals surface area contributed by atoms with Gasteiger partial charge in [0.2, 0.25) is 0 Å². The lowest BCUT2D eigenvalue weighted by atomic mass is 10.0. The highest BCUT2D eigenvalue weighted by Crippen LogP contribution is 2.32. The van der Waals surface area contributed by atoms with Gasteiger partial charge < -0.3 is 15.4 Å². The molecule has 2 rings (SSSR count). The highest BCUT2D eigenvalue weighted by Gasteiger charge is 2.18. The van der Waals surface area contributed by atoms with Gasteiger partial charge in [-0.05, 0) is 24.5 Å². The number of rotatable bonds is 3. The minimum Gasteiger partial charge on any atom is -0.397 e. The zero-order chi connectivity index (χ0) is 10.7. The first-order valence-electron chi connectivity index (χ1n) is 5.44. The molecule has 1 aromatic carbocycles. The fraction of sp³-hybridized carbons (Fsp3) is 0.500. The molecule has 2 N–H and O–H groups in total. The molecule has 0 spiro atoms. The second kappa shape index (κ2) is 4.53. The number of hydrogen-bond acceptors (Lipinski definition) is 3. The van der Waals surface area contributed by atoms with Crippen molar-refractivity contribution in [2.75, 3.05) is 37.4 Å². The second-order valence-electron chi connectivity index (χ2n) is 3.94. The molecule has 3 nitrogen and oxygen atoms in total. The number of nitrogens with two attached hydrogens (primary N) is 1. The van der Waals surface area contributed by atoms with E-state index in [1.807, 2.05) is 12.1 Å². The van der Waals surface area contributed by atoms with Crippen molar-refractivity contribution < 1.29 is 4.74 Å². The molecule has 1 aliphatic rings. The van der Waals surface area contributed by atoms with Crippen LogP contribution in [0.15, 0.2) is 18.2 Å². The molecule has 1 heterocycles. The topological polar surface area (TPSA) is 38.5 Å². The molecule has 0 bridgehead atoms. The number of fused-ring (bicyclic) bond motifs is 1. The number of aryl methyl sites for hydroxylation is 1. The van der Waals surface area contributed by atoms with Gasteiger partial charge in [0, 0.05) is 20.2 Å². The van der Waals surface area contributed by atoms with Crippen molar-refractivity contribution in [3.05, 3.63) is 23.8 Å². The smallest absolute Gasteiger partial charge is 0.0637 e. The first-order valence-corrected chi connectivity index (χ1v) is 5.44. The number of methoxy groups -OCH3 is 1. The summed E-state index contributed by atoms with van der Waals surface area (Å²) in [4.78, 5) is 2.33. The molecule has 0 aromatic heterocycles. The third-order valence-electron chi connectivity index (χ3n) is 2.91. The van der Waals surface area contributed by atoms with E-state index in [0.29, 0.717) is 0 Å². The molecule has 0 saturated carbocycles. The number of ether oxygens (including phenoxy) is 1. The predicted octanol–water partition coefficient (Wildman–Crippen LogP) is 1.67. The number of nitrogens with zero attached hydrogens (tertiary/aromatic N) is 1. The van der Waals surface area contributed by atoms with Gasteiger partial charge in [-0.15, -0.1) is 0 Å². The van der Waals surface area contributed by atoms with Crippen molar-refractivity contribution in [1.82, 2.24) is 0 Å². The Labute approximate surface area is 90.8 Å². The monoisotopic (exact) mass is 206 g/mol. The average molecular weight is 206 g/mol. The quantitative estimate of drug-likeness (QED) is 0.764. The van der Waals surface area contributed by atoms with Gasteiger partial charge in [-0.3, -0.25) is 0 Å². The van der Waals surface area contributed by atoms with Crippen LogP contribution in [0.4, 0.5) is 11.4 Å². The van der Waals surface area contributed by atoms with E-state index in [1.54, 1.807) is 7.11 Å². The van der Waals surface area contributed by atoms with Crippen LogP contribution in [0.5, 0.6) is 0 Å². The van der Waals surface area contributed by atoms with E-state index in [0.717, 1.165) is 31.8 Å². The number of para-hydroxylation sites is 1. The standard InChI is InChI=1S/C12H18N2O/c1-15-9-8-14-7-3-5-10-4-2-6-11(13)12(10)14/h2,4,6H,3,5,7-9,13H2,1H3. The Hall–Kier alpha value is -1.22. The number of benzene rings is 1. The Bertz CT molecular complexity index is 338. The van der Waals surface area contributed by atoms with Crippen LogP contribution in [0.25, 0.3) is 0 Å². The lowest BCUT2D eigenvalue weighted by molar-refractivity contribution is 0.205. The number of anilines is 2. The van der Waals surface area contributed by atoms with Gasteiger partial charge in [0.15, 0.2) is 0 Å². The van der Waals surface area contributed by atoms with Gasteiger partial charge in [0.25, 0.3) is 0 Å².